The van der Waals surface area contributed by atoms with E-state index in [1.54, 1.807) is 6.07 Å². The Labute approximate surface area is 127 Å². The minimum atomic E-state index is -3.20. The summed E-state index contributed by atoms with van der Waals surface area (Å²) < 4.78 is 23.8. The average Bonchev–Trinajstić information content (AvgIpc) is 2.46. The fourth-order valence-corrected chi connectivity index (χ4v) is 4.53. The number of fused-ring (bicyclic) bond motifs is 1. The van der Waals surface area contributed by atoms with Gasteiger partial charge in [0.05, 0.1) is 21.8 Å². The molecule has 0 saturated heterocycles. The van der Waals surface area contributed by atoms with Crippen molar-refractivity contribution in [3.8, 4) is 0 Å². The second-order valence-electron chi connectivity index (χ2n) is 6.56. The van der Waals surface area contributed by atoms with Gasteiger partial charge in [-0.2, -0.15) is 0 Å². The Morgan fingerprint density at radius 2 is 2.00 bits per heavy atom. The highest BCUT2D eigenvalue weighted by Gasteiger charge is 2.38. The average molecular weight is 308 g/mol. The molecule has 0 atom stereocenters. The Morgan fingerprint density at radius 1 is 1.29 bits per heavy atom. The highest BCUT2D eigenvalue weighted by molar-refractivity contribution is 7.90. The summed E-state index contributed by atoms with van der Waals surface area (Å²) in [6.45, 7) is 3.08. The van der Waals surface area contributed by atoms with Crippen molar-refractivity contribution < 1.29 is 8.42 Å². The standard InChI is InChI=1S/C16H24N2O2S/c1-3-12-7-9-16(10-8-12)11-17-15-13(18-16)5-4-6-14(15)21(2,19)20/h4-6,12,17-18H,3,7-11H2,1-2H3. The molecule has 0 unspecified atom stereocenters. The van der Waals surface area contributed by atoms with Gasteiger partial charge in [-0.25, -0.2) is 8.42 Å². The zero-order valence-corrected chi connectivity index (χ0v) is 13.6. The topological polar surface area (TPSA) is 58.2 Å². The molecule has 116 valence electrons. The molecule has 1 aromatic carbocycles. The molecule has 5 heteroatoms. The van der Waals surface area contributed by atoms with E-state index in [2.05, 4.69) is 17.6 Å². The lowest BCUT2D eigenvalue weighted by Gasteiger charge is -2.45. The molecule has 2 N–H and O–H groups in total. The van der Waals surface area contributed by atoms with Crippen molar-refractivity contribution in [2.45, 2.75) is 49.5 Å². The Balaban J connectivity index is 1.87. The van der Waals surface area contributed by atoms with Crippen LogP contribution in [0.5, 0.6) is 0 Å². The molecule has 1 saturated carbocycles. The molecular formula is C16H24N2O2S. The molecule has 1 aliphatic heterocycles. The first-order valence-corrected chi connectivity index (χ1v) is 9.68. The molecular weight excluding hydrogens is 284 g/mol. The first-order valence-electron chi connectivity index (χ1n) is 7.79. The van der Waals surface area contributed by atoms with E-state index in [1.165, 1.54) is 25.5 Å². The number of rotatable bonds is 2. The van der Waals surface area contributed by atoms with Crippen LogP contribution in [0, 0.1) is 5.92 Å². The quantitative estimate of drug-likeness (QED) is 0.880. The summed E-state index contributed by atoms with van der Waals surface area (Å²) in [5.74, 6) is 0.848. The van der Waals surface area contributed by atoms with Crippen LogP contribution in [0.2, 0.25) is 0 Å². The zero-order chi connectivity index (χ0) is 15.1. The summed E-state index contributed by atoms with van der Waals surface area (Å²) in [6.07, 6.45) is 7.35. The van der Waals surface area contributed by atoms with Gasteiger partial charge in [0.15, 0.2) is 9.84 Å². The lowest BCUT2D eigenvalue weighted by Crippen LogP contribution is -2.50. The van der Waals surface area contributed by atoms with Gasteiger partial charge in [-0.15, -0.1) is 0 Å². The lowest BCUT2D eigenvalue weighted by atomic mass is 9.74. The van der Waals surface area contributed by atoms with E-state index < -0.39 is 9.84 Å². The SMILES string of the molecule is CCC1CCC2(CC1)CNc1c(cccc1S(C)(=O)=O)N2. The Kier molecular flexibility index (Phi) is 3.64. The van der Waals surface area contributed by atoms with E-state index in [-0.39, 0.29) is 5.54 Å². The molecule has 1 aliphatic carbocycles. The Morgan fingerprint density at radius 3 is 2.62 bits per heavy atom. The van der Waals surface area contributed by atoms with Crippen molar-refractivity contribution in [2.75, 3.05) is 23.4 Å². The van der Waals surface area contributed by atoms with Gasteiger partial charge in [0, 0.05) is 12.8 Å². The maximum absolute atomic E-state index is 11.9. The predicted molar refractivity (Wildman–Crippen MR) is 86.6 cm³/mol. The van der Waals surface area contributed by atoms with E-state index in [9.17, 15) is 8.42 Å². The first-order chi connectivity index (χ1) is 9.93. The normalized spacial score (nSPS) is 28.6. The number of hydrogen-bond donors (Lipinski definition) is 2. The van der Waals surface area contributed by atoms with Gasteiger partial charge in [-0.3, -0.25) is 0 Å². The predicted octanol–water partition coefficient (Wildman–Crippen LogP) is 3.27. The smallest absolute Gasteiger partial charge is 0.177 e. The molecule has 4 nitrogen and oxygen atoms in total. The maximum atomic E-state index is 11.9. The van der Waals surface area contributed by atoms with Crippen LogP contribution in [0.4, 0.5) is 11.4 Å². The zero-order valence-electron chi connectivity index (χ0n) is 12.8. The van der Waals surface area contributed by atoms with E-state index in [4.69, 9.17) is 0 Å². The number of nitrogens with one attached hydrogen (secondary N) is 2. The van der Waals surface area contributed by atoms with Crippen molar-refractivity contribution in [1.29, 1.82) is 0 Å². The molecule has 0 amide bonds. The highest BCUT2D eigenvalue weighted by atomic mass is 32.2. The summed E-state index contributed by atoms with van der Waals surface area (Å²) in [6, 6.07) is 5.47. The number of sulfone groups is 1. The van der Waals surface area contributed by atoms with Crippen LogP contribution in [0.15, 0.2) is 23.1 Å². The fraction of sp³-hybridized carbons (Fsp3) is 0.625. The molecule has 0 radical (unpaired) electrons. The van der Waals surface area contributed by atoms with Crippen LogP contribution < -0.4 is 10.6 Å². The minimum Gasteiger partial charge on any atom is -0.380 e. The Bertz CT molecular complexity index is 632. The van der Waals surface area contributed by atoms with E-state index in [1.807, 2.05) is 12.1 Å². The molecule has 3 rings (SSSR count). The van der Waals surface area contributed by atoms with Gasteiger partial charge >= 0.3 is 0 Å². The largest absolute Gasteiger partial charge is 0.380 e. The summed E-state index contributed by atoms with van der Waals surface area (Å²) >= 11 is 0. The van der Waals surface area contributed by atoms with Crippen LogP contribution in [-0.4, -0.2) is 26.8 Å². The molecule has 1 spiro atoms. The number of hydrogen-bond acceptors (Lipinski definition) is 4. The third kappa shape index (κ3) is 2.76. The van der Waals surface area contributed by atoms with Gasteiger partial charge in [-0.05, 0) is 43.7 Å². The first kappa shape index (κ1) is 14.7. The van der Waals surface area contributed by atoms with Crippen LogP contribution in [0.25, 0.3) is 0 Å². The van der Waals surface area contributed by atoms with Crippen molar-refractivity contribution in [3.63, 3.8) is 0 Å². The molecule has 0 aromatic heterocycles. The van der Waals surface area contributed by atoms with Gasteiger partial charge in [0.2, 0.25) is 0 Å². The minimum absolute atomic E-state index is 0.0921. The summed E-state index contributed by atoms with van der Waals surface area (Å²) in [7, 11) is -3.20. The van der Waals surface area contributed by atoms with E-state index in [0.717, 1.165) is 36.7 Å². The van der Waals surface area contributed by atoms with Crippen molar-refractivity contribution in [3.05, 3.63) is 18.2 Å². The van der Waals surface area contributed by atoms with E-state index in [0.29, 0.717) is 4.90 Å². The van der Waals surface area contributed by atoms with Gasteiger partial charge in [-0.1, -0.05) is 19.4 Å². The highest BCUT2D eigenvalue weighted by Crippen LogP contribution is 2.42. The number of anilines is 2. The number of para-hydroxylation sites is 1. The molecule has 21 heavy (non-hydrogen) atoms. The van der Waals surface area contributed by atoms with Crippen LogP contribution >= 0.6 is 0 Å². The lowest BCUT2D eigenvalue weighted by molar-refractivity contribution is 0.255. The van der Waals surface area contributed by atoms with Crippen molar-refractivity contribution >= 4 is 21.2 Å². The van der Waals surface area contributed by atoms with E-state index >= 15 is 0 Å². The van der Waals surface area contributed by atoms with Gasteiger partial charge in [0.1, 0.15) is 0 Å². The van der Waals surface area contributed by atoms with Gasteiger partial charge in [0.25, 0.3) is 0 Å². The van der Waals surface area contributed by atoms with Crippen LogP contribution in [0.1, 0.15) is 39.0 Å². The molecule has 1 heterocycles. The number of benzene rings is 1. The molecule has 2 aliphatic rings. The molecule has 0 bridgehead atoms. The third-order valence-corrected chi connectivity index (χ3v) is 6.21. The molecule has 1 aromatic rings. The van der Waals surface area contributed by atoms with Crippen LogP contribution in [-0.2, 0) is 9.84 Å². The maximum Gasteiger partial charge on any atom is 0.177 e. The van der Waals surface area contributed by atoms with Crippen LogP contribution in [0.3, 0.4) is 0 Å². The monoisotopic (exact) mass is 308 g/mol. The van der Waals surface area contributed by atoms with Crippen molar-refractivity contribution in [1.82, 2.24) is 0 Å². The third-order valence-electron chi connectivity index (χ3n) is 5.07. The fourth-order valence-electron chi connectivity index (χ4n) is 3.65. The Hall–Kier alpha value is -1.23. The van der Waals surface area contributed by atoms with Crippen molar-refractivity contribution in [2.24, 2.45) is 5.92 Å². The summed E-state index contributed by atoms with van der Waals surface area (Å²) in [5.41, 5.74) is 1.76. The van der Waals surface area contributed by atoms with Gasteiger partial charge < -0.3 is 10.6 Å². The second-order valence-corrected chi connectivity index (χ2v) is 8.55. The second kappa shape index (κ2) is 5.20. The molecule has 1 fully saturated rings. The summed E-state index contributed by atoms with van der Waals surface area (Å²) in [5, 5.41) is 7.03. The summed E-state index contributed by atoms with van der Waals surface area (Å²) in [4.78, 5) is 0.393.